The third kappa shape index (κ3) is 2.65. The number of fused-ring (bicyclic) bond motifs is 1. The third-order valence-electron chi connectivity index (χ3n) is 3.57. The number of benzene rings is 1. The predicted octanol–water partition coefficient (Wildman–Crippen LogP) is 4.57. The van der Waals surface area contributed by atoms with E-state index in [1.165, 1.54) is 21.3 Å². The summed E-state index contributed by atoms with van der Waals surface area (Å²) in [6.45, 7) is 6.32. The van der Waals surface area contributed by atoms with Crippen molar-refractivity contribution in [3.05, 3.63) is 58.4 Å². The Morgan fingerprint density at radius 1 is 1.10 bits per heavy atom. The zero-order chi connectivity index (χ0) is 13.9. The van der Waals surface area contributed by atoms with Gasteiger partial charge in [-0.1, -0.05) is 24.3 Å². The van der Waals surface area contributed by atoms with Gasteiger partial charge in [0.05, 0.1) is 0 Å². The number of aromatic nitrogens is 1. The molecule has 0 atom stereocenters. The van der Waals surface area contributed by atoms with Gasteiger partial charge in [0, 0.05) is 41.1 Å². The second kappa shape index (κ2) is 5.81. The molecule has 1 N–H and O–H groups in total. The lowest BCUT2D eigenvalue weighted by Crippen LogP contribution is -2.11. The molecule has 2 heterocycles. The molecule has 104 valence electrons. The fourth-order valence-electron chi connectivity index (χ4n) is 2.58. The summed E-state index contributed by atoms with van der Waals surface area (Å²) >= 11 is 1.80. The minimum absolute atomic E-state index is 0.492. The molecule has 0 aliphatic carbocycles. The van der Waals surface area contributed by atoms with Crippen molar-refractivity contribution >= 4 is 22.2 Å². The average Bonchev–Trinajstić information content (AvgIpc) is 3.07. The van der Waals surface area contributed by atoms with E-state index < -0.39 is 0 Å². The van der Waals surface area contributed by atoms with E-state index in [9.17, 15) is 0 Å². The lowest BCUT2D eigenvalue weighted by atomic mass is 10.2. The summed E-state index contributed by atoms with van der Waals surface area (Å²) in [4.78, 5) is 1.39. The van der Waals surface area contributed by atoms with E-state index in [1.807, 2.05) is 0 Å². The Labute approximate surface area is 124 Å². The van der Waals surface area contributed by atoms with E-state index in [2.05, 4.69) is 71.7 Å². The normalized spacial score (nSPS) is 11.6. The largest absolute Gasteiger partial charge is 0.345 e. The molecular weight excluding hydrogens is 264 g/mol. The molecule has 20 heavy (non-hydrogen) atoms. The van der Waals surface area contributed by atoms with Crippen LogP contribution in [-0.2, 0) is 13.1 Å². The average molecular weight is 284 g/mol. The van der Waals surface area contributed by atoms with Crippen LogP contribution in [0.25, 0.3) is 10.9 Å². The molecule has 1 aromatic carbocycles. The zero-order valence-corrected chi connectivity index (χ0v) is 12.8. The van der Waals surface area contributed by atoms with Gasteiger partial charge >= 0.3 is 0 Å². The molecular formula is C17H20N2S. The van der Waals surface area contributed by atoms with E-state index in [-0.39, 0.29) is 0 Å². The first-order valence-electron chi connectivity index (χ1n) is 7.07. The fourth-order valence-corrected chi connectivity index (χ4v) is 3.25. The maximum Gasteiger partial charge on any atom is 0.0486 e. The van der Waals surface area contributed by atoms with Gasteiger partial charge in [0.25, 0.3) is 0 Å². The van der Waals surface area contributed by atoms with Gasteiger partial charge in [-0.05, 0) is 36.9 Å². The molecule has 0 aliphatic rings. The molecule has 0 saturated carbocycles. The van der Waals surface area contributed by atoms with Gasteiger partial charge in [-0.3, -0.25) is 0 Å². The predicted molar refractivity (Wildman–Crippen MR) is 87.2 cm³/mol. The number of hydrogen-bond donors (Lipinski definition) is 1. The van der Waals surface area contributed by atoms with Crippen LogP contribution in [0.3, 0.4) is 0 Å². The highest BCUT2D eigenvalue weighted by molar-refractivity contribution is 7.09. The summed E-state index contributed by atoms with van der Waals surface area (Å²) in [7, 11) is 0. The van der Waals surface area contributed by atoms with Crippen LogP contribution in [0.4, 0.5) is 0 Å². The highest BCUT2D eigenvalue weighted by atomic mass is 32.1. The number of para-hydroxylation sites is 1. The van der Waals surface area contributed by atoms with Crippen molar-refractivity contribution in [3.8, 4) is 0 Å². The van der Waals surface area contributed by atoms with E-state index in [0.29, 0.717) is 6.04 Å². The van der Waals surface area contributed by atoms with Crippen LogP contribution >= 0.6 is 11.3 Å². The second-order valence-electron chi connectivity index (χ2n) is 5.36. The van der Waals surface area contributed by atoms with Gasteiger partial charge < -0.3 is 9.88 Å². The topological polar surface area (TPSA) is 17.0 Å². The molecule has 0 aliphatic heterocycles. The molecule has 0 amide bonds. The Morgan fingerprint density at radius 2 is 1.95 bits per heavy atom. The molecule has 0 spiro atoms. The van der Waals surface area contributed by atoms with Gasteiger partial charge in [-0.15, -0.1) is 11.3 Å². The van der Waals surface area contributed by atoms with Crippen LogP contribution in [0.15, 0.2) is 48.0 Å². The molecule has 0 saturated heterocycles. The van der Waals surface area contributed by atoms with Crippen molar-refractivity contribution < 1.29 is 0 Å². The third-order valence-corrected chi connectivity index (χ3v) is 4.45. The number of rotatable bonds is 5. The Morgan fingerprint density at radius 3 is 2.70 bits per heavy atom. The molecule has 3 rings (SSSR count). The lowest BCUT2D eigenvalue weighted by Gasteiger charge is -2.08. The zero-order valence-electron chi connectivity index (χ0n) is 12.0. The van der Waals surface area contributed by atoms with Gasteiger partial charge in [-0.25, -0.2) is 0 Å². The van der Waals surface area contributed by atoms with Crippen LogP contribution in [0.5, 0.6) is 0 Å². The highest BCUT2D eigenvalue weighted by Gasteiger charge is 2.09. The Kier molecular flexibility index (Phi) is 3.90. The van der Waals surface area contributed by atoms with Crippen molar-refractivity contribution in [2.24, 2.45) is 0 Å². The molecule has 2 nitrogen and oxygen atoms in total. The van der Waals surface area contributed by atoms with Crippen LogP contribution in [-0.4, -0.2) is 4.57 Å². The molecule has 3 heteroatoms. The van der Waals surface area contributed by atoms with Crippen LogP contribution in [0.1, 0.15) is 30.3 Å². The number of hydrogen-bond acceptors (Lipinski definition) is 2. The summed E-state index contributed by atoms with van der Waals surface area (Å²) in [6.07, 6.45) is 2.29. The molecule has 3 aromatic rings. The van der Waals surface area contributed by atoms with Crippen molar-refractivity contribution in [2.45, 2.75) is 33.0 Å². The molecule has 2 aromatic heterocycles. The van der Waals surface area contributed by atoms with Crippen molar-refractivity contribution in [1.82, 2.24) is 9.88 Å². The lowest BCUT2D eigenvalue weighted by molar-refractivity contribution is 0.617. The number of nitrogens with one attached hydrogen (secondary N) is 1. The van der Waals surface area contributed by atoms with Gasteiger partial charge in [0.1, 0.15) is 0 Å². The number of thiophene rings is 1. The fraction of sp³-hybridized carbons (Fsp3) is 0.294. The quantitative estimate of drug-likeness (QED) is 0.726. The maximum atomic E-state index is 3.55. The van der Waals surface area contributed by atoms with Crippen LogP contribution < -0.4 is 5.32 Å². The van der Waals surface area contributed by atoms with Gasteiger partial charge in [-0.2, -0.15) is 0 Å². The van der Waals surface area contributed by atoms with Crippen molar-refractivity contribution in [1.29, 1.82) is 0 Å². The van der Waals surface area contributed by atoms with Crippen molar-refractivity contribution in [3.63, 3.8) is 0 Å². The summed E-state index contributed by atoms with van der Waals surface area (Å²) in [6, 6.07) is 13.4. The first kappa shape index (κ1) is 13.4. The summed E-state index contributed by atoms with van der Waals surface area (Å²) in [5.41, 5.74) is 2.71. The monoisotopic (exact) mass is 284 g/mol. The minimum atomic E-state index is 0.492. The number of nitrogens with zero attached hydrogens (tertiary/aromatic N) is 1. The maximum absolute atomic E-state index is 3.55. The standard InChI is InChI=1S/C17H20N2S/c1-13(2)19-12-14(16-7-3-4-8-17(16)19)10-18-11-15-6-5-9-20-15/h3-9,12-13,18H,10-11H2,1-2H3. The highest BCUT2D eigenvalue weighted by Crippen LogP contribution is 2.24. The SMILES string of the molecule is CC(C)n1cc(CNCc2cccs2)c2ccccc21. The van der Waals surface area contributed by atoms with E-state index in [1.54, 1.807) is 11.3 Å². The van der Waals surface area contributed by atoms with Crippen molar-refractivity contribution in [2.75, 3.05) is 0 Å². The molecule has 0 bridgehead atoms. The molecule has 0 unspecified atom stereocenters. The first-order chi connectivity index (χ1) is 9.75. The van der Waals surface area contributed by atoms with E-state index in [4.69, 9.17) is 0 Å². The first-order valence-corrected chi connectivity index (χ1v) is 7.95. The Balaban J connectivity index is 1.80. The summed E-state index contributed by atoms with van der Waals surface area (Å²) in [5, 5.41) is 7.03. The van der Waals surface area contributed by atoms with E-state index >= 15 is 0 Å². The summed E-state index contributed by atoms with van der Waals surface area (Å²) < 4.78 is 2.36. The van der Waals surface area contributed by atoms with Crippen LogP contribution in [0.2, 0.25) is 0 Å². The molecule has 0 radical (unpaired) electrons. The Hall–Kier alpha value is -1.58. The van der Waals surface area contributed by atoms with Gasteiger partial charge in [0.2, 0.25) is 0 Å². The van der Waals surface area contributed by atoms with Gasteiger partial charge in [0.15, 0.2) is 0 Å². The minimum Gasteiger partial charge on any atom is -0.345 e. The van der Waals surface area contributed by atoms with Crippen LogP contribution in [0, 0.1) is 0 Å². The van der Waals surface area contributed by atoms with E-state index in [0.717, 1.165) is 13.1 Å². The summed E-state index contributed by atoms with van der Waals surface area (Å²) in [5.74, 6) is 0. The second-order valence-corrected chi connectivity index (χ2v) is 6.39. The smallest absolute Gasteiger partial charge is 0.0486 e. The molecule has 0 fully saturated rings. The Bertz CT molecular complexity index is 680.